The highest BCUT2D eigenvalue weighted by Crippen LogP contribution is 2.12. The van der Waals surface area contributed by atoms with Crippen molar-refractivity contribution in [1.82, 2.24) is 10.3 Å². The second kappa shape index (κ2) is 4.00. The topological polar surface area (TPSA) is 59.1 Å². The Labute approximate surface area is 79.9 Å². The summed E-state index contributed by atoms with van der Waals surface area (Å²) in [5, 5.41) is 2.33. The molecule has 4 nitrogen and oxygen atoms in total. The summed E-state index contributed by atoms with van der Waals surface area (Å²) in [5.41, 5.74) is 0.242. The maximum atomic E-state index is 11.2. The maximum absolute atomic E-state index is 11.2. The minimum absolute atomic E-state index is 0.223. The number of pyridine rings is 1. The molecule has 13 heavy (non-hydrogen) atoms. The Morgan fingerprint density at radius 2 is 2.23 bits per heavy atom. The van der Waals surface area contributed by atoms with Crippen LogP contribution in [0.15, 0.2) is 18.5 Å². The molecule has 0 spiro atoms. The van der Waals surface area contributed by atoms with Crippen LogP contribution in [0.1, 0.15) is 17.3 Å². The van der Waals surface area contributed by atoms with E-state index < -0.39 is 11.8 Å². The van der Waals surface area contributed by atoms with Crippen LogP contribution in [0.3, 0.4) is 0 Å². The smallest absolute Gasteiger partial charge is 0.259 e. The minimum Gasteiger partial charge on any atom is -0.293 e. The summed E-state index contributed by atoms with van der Waals surface area (Å²) >= 11 is 5.67. The molecule has 1 aromatic rings. The van der Waals surface area contributed by atoms with Gasteiger partial charge in [0.25, 0.3) is 5.91 Å². The summed E-state index contributed by atoms with van der Waals surface area (Å²) < 4.78 is 0. The molecule has 0 saturated heterocycles. The Bertz CT molecular complexity index is 352. The van der Waals surface area contributed by atoms with Crippen LogP contribution < -0.4 is 5.32 Å². The van der Waals surface area contributed by atoms with Crippen molar-refractivity contribution in [3.05, 3.63) is 29.0 Å². The van der Waals surface area contributed by atoms with Gasteiger partial charge in [-0.1, -0.05) is 11.6 Å². The number of carbonyl (C=O) groups is 2. The zero-order valence-corrected chi connectivity index (χ0v) is 7.63. The third-order valence-corrected chi connectivity index (χ3v) is 1.61. The van der Waals surface area contributed by atoms with Gasteiger partial charge in [-0.3, -0.25) is 19.9 Å². The molecule has 1 aromatic heterocycles. The number of imide groups is 1. The van der Waals surface area contributed by atoms with E-state index in [1.807, 2.05) is 0 Å². The number of hydrogen-bond donors (Lipinski definition) is 1. The van der Waals surface area contributed by atoms with Crippen molar-refractivity contribution in [3.63, 3.8) is 0 Å². The molecule has 0 aliphatic carbocycles. The first-order chi connectivity index (χ1) is 6.11. The van der Waals surface area contributed by atoms with E-state index in [0.29, 0.717) is 0 Å². The predicted molar refractivity (Wildman–Crippen MR) is 47.4 cm³/mol. The number of halogens is 1. The summed E-state index contributed by atoms with van der Waals surface area (Å²) in [6.45, 7) is 1.26. The first-order valence-corrected chi connectivity index (χ1v) is 3.90. The maximum Gasteiger partial charge on any atom is 0.259 e. The highest BCUT2D eigenvalue weighted by atomic mass is 35.5. The second-order valence-electron chi connectivity index (χ2n) is 2.37. The largest absolute Gasteiger partial charge is 0.293 e. The summed E-state index contributed by atoms with van der Waals surface area (Å²) in [7, 11) is 0. The molecule has 2 amide bonds. The van der Waals surface area contributed by atoms with Gasteiger partial charge in [0, 0.05) is 19.3 Å². The summed E-state index contributed by atoms with van der Waals surface area (Å²) in [6, 6.07) is 1.45. The molecule has 0 saturated carbocycles. The van der Waals surface area contributed by atoms with E-state index >= 15 is 0 Å². The third-order valence-electron chi connectivity index (χ3n) is 1.31. The van der Waals surface area contributed by atoms with Crippen molar-refractivity contribution >= 4 is 23.4 Å². The van der Waals surface area contributed by atoms with E-state index in [1.165, 1.54) is 25.4 Å². The van der Waals surface area contributed by atoms with Crippen molar-refractivity contribution in [2.75, 3.05) is 0 Å². The van der Waals surface area contributed by atoms with E-state index in [1.54, 1.807) is 0 Å². The average molecular weight is 199 g/mol. The minimum atomic E-state index is -0.514. The summed E-state index contributed by atoms with van der Waals surface area (Å²) in [5.74, 6) is -0.933. The lowest BCUT2D eigenvalue weighted by molar-refractivity contribution is -0.118. The number of amides is 2. The van der Waals surface area contributed by atoms with Crippen LogP contribution in [-0.4, -0.2) is 16.8 Å². The van der Waals surface area contributed by atoms with Crippen LogP contribution >= 0.6 is 11.6 Å². The molecule has 0 radical (unpaired) electrons. The molecule has 1 N–H and O–H groups in total. The van der Waals surface area contributed by atoms with Crippen LogP contribution in [0.5, 0.6) is 0 Å². The van der Waals surface area contributed by atoms with Crippen molar-refractivity contribution in [2.24, 2.45) is 0 Å². The number of hydrogen-bond acceptors (Lipinski definition) is 3. The van der Waals surface area contributed by atoms with Crippen LogP contribution in [0.25, 0.3) is 0 Å². The third kappa shape index (κ3) is 2.52. The lowest BCUT2D eigenvalue weighted by Crippen LogP contribution is -2.28. The molecule has 5 heteroatoms. The van der Waals surface area contributed by atoms with Gasteiger partial charge in [0.15, 0.2) is 0 Å². The van der Waals surface area contributed by atoms with Gasteiger partial charge in [-0.2, -0.15) is 0 Å². The van der Waals surface area contributed by atoms with Crippen molar-refractivity contribution < 1.29 is 9.59 Å². The van der Waals surface area contributed by atoms with Gasteiger partial charge in [0.1, 0.15) is 0 Å². The normalized spacial score (nSPS) is 9.38. The predicted octanol–water partition coefficient (Wildman–Crippen LogP) is 1.01. The average Bonchev–Trinajstić information content (AvgIpc) is 2.03. The fraction of sp³-hybridized carbons (Fsp3) is 0.125. The SMILES string of the molecule is CC(=O)NC(=O)c1ccncc1Cl. The van der Waals surface area contributed by atoms with E-state index in [0.717, 1.165) is 0 Å². The Kier molecular flexibility index (Phi) is 2.97. The van der Waals surface area contributed by atoms with Crippen LogP contribution in [0.4, 0.5) is 0 Å². The van der Waals surface area contributed by atoms with Crippen LogP contribution in [0.2, 0.25) is 5.02 Å². The molecule has 0 fully saturated rings. The van der Waals surface area contributed by atoms with Gasteiger partial charge in [0.2, 0.25) is 5.91 Å². The molecular weight excluding hydrogens is 192 g/mol. The quantitative estimate of drug-likeness (QED) is 0.733. The Morgan fingerprint density at radius 3 is 2.77 bits per heavy atom. The van der Waals surface area contributed by atoms with E-state index in [9.17, 15) is 9.59 Å². The zero-order valence-electron chi connectivity index (χ0n) is 6.87. The number of nitrogens with one attached hydrogen (secondary N) is 1. The number of aromatic nitrogens is 1. The molecule has 0 bridgehead atoms. The fourth-order valence-electron chi connectivity index (χ4n) is 0.787. The standard InChI is InChI=1S/C8H7ClN2O2/c1-5(12)11-8(13)6-2-3-10-4-7(6)9/h2-4H,1H3,(H,11,12,13). The lowest BCUT2D eigenvalue weighted by Gasteiger charge is -2.01. The molecule has 0 aromatic carbocycles. The summed E-state index contributed by atoms with van der Waals surface area (Å²) in [4.78, 5) is 25.5. The molecule has 1 heterocycles. The molecule has 1 rings (SSSR count). The van der Waals surface area contributed by atoms with Crippen molar-refractivity contribution in [3.8, 4) is 0 Å². The first kappa shape index (κ1) is 9.67. The highest BCUT2D eigenvalue weighted by molar-refractivity contribution is 6.34. The fourth-order valence-corrected chi connectivity index (χ4v) is 0.992. The van der Waals surface area contributed by atoms with Gasteiger partial charge < -0.3 is 0 Å². The zero-order chi connectivity index (χ0) is 9.84. The molecule has 0 atom stereocenters. The number of carbonyl (C=O) groups excluding carboxylic acids is 2. The highest BCUT2D eigenvalue weighted by Gasteiger charge is 2.10. The van der Waals surface area contributed by atoms with E-state index in [4.69, 9.17) is 11.6 Å². The van der Waals surface area contributed by atoms with Gasteiger partial charge in [-0.15, -0.1) is 0 Å². The van der Waals surface area contributed by atoms with Crippen molar-refractivity contribution in [2.45, 2.75) is 6.92 Å². The molecular formula is C8H7ClN2O2. The molecule has 0 aliphatic rings. The number of rotatable bonds is 1. The van der Waals surface area contributed by atoms with Gasteiger partial charge in [0.05, 0.1) is 10.6 Å². The Hall–Kier alpha value is -1.42. The first-order valence-electron chi connectivity index (χ1n) is 3.52. The van der Waals surface area contributed by atoms with Gasteiger partial charge in [-0.05, 0) is 6.07 Å². The second-order valence-corrected chi connectivity index (χ2v) is 2.77. The monoisotopic (exact) mass is 198 g/mol. The lowest BCUT2D eigenvalue weighted by atomic mass is 10.2. The van der Waals surface area contributed by atoms with Gasteiger partial charge in [-0.25, -0.2) is 0 Å². The Morgan fingerprint density at radius 1 is 1.54 bits per heavy atom. The molecule has 68 valence electrons. The Balaban J connectivity index is 2.89. The number of nitrogens with zero attached hydrogens (tertiary/aromatic N) is 1. The molecule has 0 aliphatic heterocycles. The van der Waals surface area contributed by atoms with Crippen LogP contribution in [-0.2, 0) is 4.79 Å². The summed E-state index contributed by atoms with van der Waals surface area (Å²) in [6.07, 6.45) is 2.78. The van der Waals surface area contributed by atoms with Gasteiger partial charge >= 0.3 is 0 Å². The molecule has 0 unspecified atom stereocenters. The van der Waals surface area contributed by atoms with Crippen LogP contribution in [0, 0.1) is 0 Å². The van der Waals surface area contributed by atoms with Crippen molar-refractivity contribution in [1.29, 1.82) is 0 Å². The van der Waals surface area contributed by atoms with E-state index in [-0.39, 0.29) is 10.6 Å². The van der Waals surface area contributed by atoms with E-state index in [2.05, 4.69) is 10.3 Å².